The fraction of sp³-hybridized carbons (Fsp3) is 0.316. The molecular weight excluding hydrogens is 314 g/mol. The van der Waals surface area contributed by atoms with E-state index in [0.717, 1.165) is 12.2 Å². The highest BCUT2D eigenvalue weighted by atomic mass is 16.1. The zero-order valence-electron chi connectivity index (χ0n) is 14.1. The van der Waals surface area contributed by atoms with Crippen LogP contribution in [0.5, 0.6) is 0 Å². The fourth-order valence-electron chi connectivity index (χ4n) is 3.21. The molecule has 1 aromatic carbocycles. The van der Waals surface area contributed by atoms with Crippen LogP contribution in [0.3, 0.4) is 0 Å². The summed E-state index contributed by atoms with van der Waals surface area (Å²) in [5, 5.41) is 7.13. The van der Waals surface area contributed by atoms with Crippen LogP contribution in [0.1, 0.15) is 35.3 Å². The molecule has 1 fully saturated rings. The Kier molecular flexibility index (Phi) is 4.43. The molecule has 6 heteroatoms. The topological polar surface area (TPSA) is 62.5 Å². The van der Waals surface area contributed by atoms with Crippen molar-refractivity contribution >= 4 is 17.2 Å². The molecule has 128 valence electrons. The van der Waals surface area contributed by atoms with Crippen LogP contribution < -0.4 is 5.32 Å². The third kappa shape index (κ3) is 3.69. The number of hydrogen-bond donors (Lipinski definition) is 1. The van der Waals surface area contributed by atoms with Crippen LogP contribution in [0.4, 0.5) is 5.69 Å². The summed E-state index contributed by atoms with van der Waals surface area (Å²) >= 11 is 0. The second kappa shape index (κ2) is 7.03. The van der Waals surface area contributed by atoms with Crippen molar-refractivity contribution in [1.29, 1.82) is 0 Å². The zero-order valence-corrected chi connectivity index (χ0v) is 14.1. The Morgan fingerprint density at radius 1 is 1.12 bits per heavy atom. The molecule has 0 spiro atoms. The minimum atomic E-state index is -0.228. The molecule has 0 atom stereocenters. The predicted molar refractivity (Wildman–Crippen MR) is 96.5 cm³/mol. The van der Waals surface area contributed by atoms with Gasteiger partial charge < -0.3 is 5.32 Å². The molecule has 3 heterocycles. The fourth-order valence-corrected chi connectivity index (χ4v) is 3.21. The average molecular weight is 335 g/mol. The predicted octanol–water partition coefficient (Wildman–Crippen LogP) is 2.97. The molecule has 1 saturated heterocycles. The smallest absolute Gasteiger partial charge is 0.276 e. The van der Waals surface area contributed by atoms with Crippen molar-refractivity contribution in [2.45, 2.75) is 25.8 Å². The van der Waals surface area contributed by atoms with E-state index in [1.807, 2.05) is 12.1 Å². The molecule has 2 aromatic heterocycles. The number of aromatic nitrogens is 3. The van der Waals surface area contributed by atoms with Gasteiger partial charge in [0.05, 0.1) is 0 Å². The molecule has 0 aliphatic carbocycles. The molecule has 4 rings (SSSR count). The van der Waals surface area contributed by atoms with E-state index >= 15 is 0 Å². The monoisotopic (exact) mass is 335 g/mol. The lowest BCUT2D eigenvalue weighted by Gasteiger charge is -2.26. The Balaban J connectivity index is 1.40. The molecule has 1 aliphatic rings. The van der Waals surface area contributed by atoms with Crippen molar-refractivity contribution in [3.63, 3.8) is 0 Å². The van der Waals surface area contributed by atoms with Gasteiger partial charge in [-0.05, 0) is 49.7 Å². The first-order valence-corrected chi connectivity index (χ1v) is 8.71. The van der Waals surface area contributed by atoms with E-state index in [1.54, 1.807) is 29.0 Å². The number of carbonyl (C=O) groups excluding carboxylic acids is 1. The zero-order chi connectivity index (χ0) is 17.1. The standard InChI is InChI=1S/C19H21N5O/c25-19(17-13-18-20-9-4-12-24(18)22-17)21-16-7-5-15(6-8-16)14-23-10-2-1-3-11-23/h4-9,12-13H,1-3,10-11,14H2,(H,21,25). The Hall–Kier alpha value is -2.73. The van der Waals surface area contributed by atoms with E-state index in [4.69, 9.17) is 0 Å². The van der Waals surface area contributed by atoms with Crippen molar-refractivity contribution in [3.8, 4) is 0 Å². The third-order valence-corrected chi connectivity index (χ3v) is 4.54. The summed E-state index contributed by atoms with van der Waals surface area (Å²) in [7, 11) is 0. The SMILES string of the molecule is O=C(Nc1ccc(CN2CCCCC2)cc1)c1cc2ncccn2n1. The normalized spacial score (nSPS) is 15.4. The lowest BCUT2D eigenvalue weighted by molar-refractivity contribution is 0.102. The number of piperidine rings is 1. The van der Waals surface area contributed by atoms with E-state index < -0.39 is 0 Å². The van der Waals surface area contributed by atoms with Crippen LogP contribution in [-0.4, -0.2) is 38.5 Å². The van der Waals surface area contributed by atoms with Gasteiger partial charge in [0.15, 0.2) is 11.3 Å². The van der Waals surface area contributed by atoms with E-state index in [0.29, 0.717) is 11.3 Å². The van der Waals surface area contributed by atoms with E-state index in [-0.39, 0.29) is 5.91 Å². The lowest BCUT2D eigenvalue weighted by Crippen LogP contribution is -2.29. The summed E-state index contributed by atoms with van der Waals surface area (Å²) in [5.74, 6) is -0.228. The number of nitrogens with zero attached hydrogens (tertiary/aromatic N) is 4. The van der Waals surface area contributed by atoms with Crippen LogP contribution in [0.25, 0.3) is 5.65 Å². The first kappa shape index (κ1) is 15.8. The summed E-state index contributed by atoms with van der Waals surface area (Å²) in [6, 6.07) is 11.5. The Morgan fingerprint density at radius 3 is 2.68 bits per heavy atom. The van der Waals surface area contributed by atoms with Crippen molar-refractivity contribution in [2.24, 2.45) is 0 Å². The summed E-state index contributed by atoms with van der Waals surface area (Å²) in [6.45, 7) is 3.34. The molecule has 3 aromatic rings. The maximum atomic E-state index is 12.4. The number of fused-ring (bicyclic) bond motifs is 1. The van der Waals surface area contributed by atoms with Crippen molar-refractivity contribution in [2.75, 3.05) is 18.4 Å². The maximum absolute atomic E-state index is 12.4. The van der Waals surface area contributed by atoms with Crippen LogP contribution in [-0.2, 0) is 6.54 Å². The van der Waals surface area contributed by atoms with Gasteiger partial charge in [-0.2, -0.15) is 5.10 Å². The Bertz CT molecular complexity index is 832. The molecule has 1 N–H and O–H groups in total. The highest BCUT2D eigenvalue weighted by Crippen LogP contribution is 2.16. The van der Waals surface area contributed by atoms with Crippen molar-refractivity contribution in [1.82, 2.24) is 19.5 Å². The summed E-state index contributed by atoms with van der Waals surface area (Å²) < 4.78 is 1.59. The number of benzene rings is 1. The van der Waals surface area contributed by atoms with Crippen LogP contribution >= 0.6 is 0 Å². The van der Waals surface area contributed by atoms with Crippen molar-refractivity contribution in [3.05, 3.63) is 60.0 Å². The first-order chi connectivity index (χ1) is 12.3. The van der Waals surface area contributed by atoms with Crippen LogP contribution in [0, 0.1) is 0 Å². The number of likely N-dealkylation sites (tertiary alicyclic amines) is 1. The van der Waals surface area contributed by atoms with Gasteiger partial charge in [0.1, 0.15) is 0 Å². The Morgan fingerprint density at radius 2 is 1.92 bits per heavy atom. The minimum Gasteiger partial charge on any atom is -0.321 e. The molecule has 0 unspecified atom stereocenters. The molecule has 0 saturated carbocycles. The quantitative estimate of drug-likeness (QED) is 0.796. The summed E-state index contributed by atoms with van der Waals surface area (Å²) in [5.41, 5.74) is 3.06. The number of carbonyl (C=O) groups is 1. The van der Waals surface area contributed by atoms with Gasteiger partial charge in [-0.1, -0.05) is 18.6 Å². The van der Waals surface area contributed by atoms with Gasteiger partial charge in [0, 0.05) is 30.7 Å². The maximum Gasteiger partial charge on any atom is 0.276 e. The lowest BCUT2D eigenvalue weighted by atomic mass is 10.1. The number of rotatable bonds is 4. The van der Waals surface area contributed by atoms with Crippen molar-refractivity contribution < 1.29 is 4.79 Å². The summed E-state index contributed by atoms with van der Waals surface area (Å²) in [6.07, 6.45) is 7.39. The van der Waals surface area contributed by atoms with Gasteiger partial charge in [-0.3, -0.25) is 9.69 Å². The third-order valence-electron chi connectivity index (χ3n) is 4.54. The van der Waals surface area contributed by atoms with E-state index in [9.17, 15) is 4.79 Å². The highest BCUT2D eigenvalue weighted by molar-refractivity contribution is 6.03. The average Bonchev–Trinajstić information content (AvgIpc) is 3.09. The highest BCUT2D eigenvalue weighted by Gasteiger charge is 2.13. The van der Waals surface area contributed by atoms with Gasteiger partial charge in [0.25, 0.3) is 5.91 Å². The minimum absolute atomic E-state index is 0.228. The molecule has 0 bridgehead atoms. The van der Waals surface area contributed by atoms with Crippen LogP contribution in [0.2, 0.25) is 0 Å². The largest absolute Gasteiger partial charge is 0.321 e. The molecule has 6 nitrogen and oxygen atoms in total. The molecule has 1 aliphatic heterocycles. The first-order valence-electron chi connectivity index (χ1n) is 8.71. The van der Waals surface area contributed by atoms with E-state index in [1.165, 1.54) is 37.9 Å². The van der Waals surface area contributed by atoms with E-state index in [2.05, 4.69) is 32.4 Å². The molecular formula is C19H21N5O. The molecule has 0 radical (unpaired) electrons. The number of nitrogens with one attached hydrogen (secondary N) is 1. The second-order valence-corrected chi connectivity index (χ2v) is 6.44. The van der Waals surface area contributed by atoms with Gasteiger partial charge >= 0.3 is 0 Å². The van der Waals surface area contributed by atoms with Crippen LogP contribution in [0.15, 0.2) is 48.8 Å². The van der Waals surface area contributed by atoms with Gasteiger partial charge in [-0.15, -0.1) is 0 Å². The Labute approximate surface area is 146 Å². The van der Waals surface area contributed by atoms with Gasteiger partial charge in [0.2, 0.25) is 0 Å². The number of hydrogen-bond acceptors (Lipinski definition) is 4. The number of anilines is 1. The number of amides is 1. The second-order valence-electron chi connectivity index (χ2n) is 6.44. The molecule has 1 amide bonds. The molecule has 25 heavy (non-hydrogen) atoms. The van der Waals surface area contributed by atoms with Gasteiger partial charge in [-0.25, -0.2) is 9.50 Å². The summed E-state index contributed by atoms with van der Waals surface area (Å²) in [4.78, 5) is 19.0.